The molecule has 0 aliphatic carbocycles. The standard InChI is InChI=1S/C23H15F3N2O3/c1-31-17-9-2-13(3-10-17)20-21(27-15-6-4-14(24)5-7-15)23(30)28(22(20)29)16-8-11-18(25)19(26)12-16/h2-12,27H,1H3. The number of nitrogens with one attached hydrogen (secondary N) is 1. The Morgan fingerprint density at radius 1 is 0.806 bits per heavy atom. The second-order valence-corrected chi connectivity index (χ2v) is 6.65. The lowest BCUT2D eigenvalue weighted by Gasteiger charge is -2.15. The minimum absolute atomic E-state index is 0.0294. The van der Waals surface area contributed by atoms with E-state index in [1.54, 1.807) is 24.3 Å². The maximum absolute atomic E-state index is 13.8. The fourth-order valence-electron chi connectivity index (χ4n) is 3.21. The molecule has 0 spiro atoms. The summed E-state index contributed by atoms with van der Waals surface area (Å²) in [6.07, 6.45) is 0. The highest BCUT2D eigenvalue weighted by Crippen LogP contribution is 2.34. The van der Waals surface area contributed by atoms with Gasteiger partial charge in [0.1, 0.15) is 17.3 Å². The number of nitrogens with zero attached hydrogens (tertiary/aromatic N) is 1. The maximum Gasteiger partial charge on any atom is 0.282 e. The van der Waals surface area contributed by atoms with Gasteiger partial charge in [-0.1, -0.05) is 12.1 Å². The first-order valence-corrected chi connectivity index (χ1v) is 9.14. The van der Waals surface area contributed by atoms with E-state index in [-0.39, 0.29) is 17.0 Å². The molecule has 1 aliphatic heterocycles. The SMILES string of the molecule is COc1ccc(C2=C(Nc3ccc(F)cc3)C(=O)N(c3ccc(F)c(F)c3)C2=O)cc1. The molecule has 1 N–H and O–H groups in total. The number of methoxy groups -OCH3 is 1. The van der Waals surface area contributed by atoms with Gasteiger partial charge < -0.3 is 10.1 Å². The van der Waals surface area contributed by atoms with Gasteiger partial charge in [0.05, 0.1) is 18.4 Å². The molecule has 4 rings (SSSR count). The zero-order chi connectivity index (χ0) is 22.1. The Morgan fingerprint density at radius 2 is 1.48 bits per heavy atom. The molecule has 1 aliphatic rings. The van der Waals surface area contributed by atoms with E-state index in [2.05, 4.69) is 5.32 Å². The summed E-state index contributed by atoms with van der Waals surface area (Å²) in [4.78, 5) is 27.1. The van der Waals surface area contributed by atoms with Crippen LogP contribution in [-0.2, 0) is 9.59 Å². The van der Waals surface area contributed by atoms with Gasteiger partial charge in [0.15, 0.2) is 11.6 Å². The van der Waals surface area contributed by atoms with Gasteiger partial charge in [0.2, 0.25) is 0 Å². The van der Waals surface area contributed by atoms with Crippen molar-refractivity contribution in [3.05, 3.63) is 95.4 Å². The number of halogens is 3. The molecule has 0 saturated heterocycles. The van der Waals surface area contributed by atoms with E-state index in [9.17, 15) is 22.8 Å². The lowest BCUT2D eigenvalue weighted by Crippen LogP contribution is -2.32. The van der Waals surface area contributed by atoms with Crippen molar-refractivity contribution < 1.29 is 27.5 Å². The molecule has 5 nitrogen and oxygen atoms in total. The predicted molar refractivity (Wildman–Crippen MR) is 109 cm³/mol. The Morgan fingerprint density at radius 3 is 2.10 bits per heavy atom. The number of ether oxygens (including phenoxy) is 1. The highest BCUT2D eigenvalue weighted by atomic mass is 19.2. The fourth-order valence-corrected chi connectivity index (χ4v) is 3.21. The number of carbonyl (C=O) groups is 2. The first kappa shape index (κ1) is 20.2. The van der Waals surface area contributed by atoms with Crippen LogP contribution in [0.3, 0.4) is 0 Å². The molecule has 31 heavy (non-hydrogen) atoms. The molecule has 1 heterocycles. The molecule has 0 saturated carbocycles. The van der Waals surface area contributed by atoms with Gasteiger partial charge in [-0.15, -0.1) is 0 Å². The van der Waals surface area contributed by atoms with Crippen molar-refractivity contribution in [2.24, 2.45) is 0 Å². The molecule has 0 atom stereocenters. The number of rotatable bonds is 5. The molecular formula is C23H15F3N2O3. The maximum atomic E-state index is 13.8. The summed E-state index contributed by atoms with van der Waals surface area (Å²) in [5.41, 5.74) is 0.619. The van der Waals surface area contributed by atoms with E-state index in [0.29, 0.717) is 17.0 Å². The third-order valence-electron chi connectivity index (χ3n) is 4.74. The molecule has 156 valence electrons. The smallest absolute Gasteiger partial charge is 0.282 e. The van der Waals surface area contributed by atoms with Gasteiger partial charge in [-0.25, -0.2) is 18.1 Å². The lowest BCUT2D eigenvalue weighted by atomic mass is 10.0. The summed E-state index contributed by atoms with van der Waals surface area (Å²) in [5.74, 6) is -3.68. The minimum Gasteiger partial charge on any atom is -0.497 e. The Kier molecular flexibility index (Phi) is 5.21. The first-order valence-electron chi connectivity index (χ1n) is 9.14. The highest BCUT2D eigenvalue weighted by Gasteiger charge is 2.40. The normalized spacial score (nSPS) is 13.7. The Hall–Kier alpha value is -4.07. The van der Waals surface area contributed by atoms with E-state index in [0.717, 1.165) is 23.1 Å². The van der Waals surface area contributed by atoms with Gasteiger partial charge in [-0.3, -0.25) is 9.59 Å². The van der Waals surface area contributed by atoms with E-state index in [1.165, 1.54) is 31.4 Å². The zero-order valence-corrected chi connectivity index (χ0v) is 16.2. The molecule has 2 amide bonds. The molecular weight excluding hydrogens is 409 g/mol. The van der Waals surface area contributed by atoms with Gasteiger partial charge in [-0.2, -0.15) is 0 Å². The number of benzene rings is 3. The summed E-state index contributed by atoms with van der Waals surface area (Å²) in [7, 11) is 1.49. The van der Waals surface area contributed by atoms with Crippen molar-refractivity contribution in [3.63, 3.8) is 0 Å². The van der Waals surface area contributed by atoms with Crippen molar-refractivity contribution >= 4 is 28.8 Å². The number of anilines is 2. The largest absolute Gasteiger partial charge is 0.497 e. The molecule has 0 unspecified atom stereocenters. The van der Waals surface area contributed by atoms with E-state index in [4.69, 9.17) is 4.74 Å². The third-order valence-corrected chi connectivity index (χ3v) is 4.74. The number of hydrogen-bond donors (Lipinski definition) is 1. The molecule has 0 aromatic heterocycles. The average Bonchev–Trinajstić information content (AvgIpc) is 3.01. The number of amides is 2. The van der Waals surface area contributed by atoms with Crippen LogP contribution in [0.4, 0.5) is 24.5 Å². The highest BCUT2D eigenvalue weighted by molar-refractivity contribution is 6.46. The molecule has 8 heteroatoms. The summed E-state index contributed by atoms with van der Waals surface area (Å²) in [6.45, 7) is 0. The summed E-state index contributed by atoms with van der Waals surface area (Å²) < 4.78 is 45.5. The molecule has 0 radical (unpaired) electrons. The lowest BCUT2D eigenvalue weighted by molar-refractivity contribution is -0.120. The van der Waals surface area contributed by atoms with Gasteiger partial charge in [-0.05, 0) is 54.1 Å². The monoisotopic (exact) mass is 424 g/mol. The topological polar surface area (TPSA) is 58.6 Å². The van der Waals surface area contributed by atoms with Crippen LogP contribution in [0.1, 0.15) is 5.56 Å². The molecule has 0 bridgehead atoms. The second kappa shape index (κ2) is 7.98. The van der Waals surface area contributed by atoms with E-state index >= 15 is 0 Å². The number of imide groups is 1. The number of carbonyl (C=O) groups excluding carboxylic acids is 2. The van der Waals surface area contributed by atoms with Gasteiger partial charge >= 0.3 is 0 Å². The summed E-state index contributed by atoms with van der Waals surface area (Å²) >= 11 is 0. The molecule has 3 aromatic rings. The zero-order valence-electron chi connectivity index (χ0n) is 16.2. The van der Waals surface area contributed by atoms with Crippen molar-refractivity contribution in [2.45, 2.75) is 0 Å². The third kappa shape index (κ3) is 3.75. The molecule has 3 aromatic carbocycles. The summed E-state index contributed by atoms with van der Waals surface area (Å²) in [6, 6.07) is 14.4. The van der Waals surface area contributed by atoms with E-state index < -0.39 is 29.3 Å². The predicted octanol–water partition coefficient (Wildman–Crippen LogP) is 4.51. The van der Waals surface area contributed by atoms with Crippen LogP contribution in [0.5, 0.6) is 5.75 Å². The van der Waals surface area contributed by atoms with Crippen molar-refractivity contribution in [2.75, 3.05) is 17.3 Å². The van der Waals surface area contributed by atoms with Crippen LogP contribution >= 0.6 is 0 Å². The van der Waals surface area contributed by atoms with Gasteiger partial charge in [0.25, 0.3) is 11.8 Å². The fraction of sp³-hybridized carbons (Fsp3) is 0.0435. The van der Waals surface area contributed by atoms with Crippen molar-refractivity contribution in [1.82, 2.24) is 0 Å². The Labute approximate surface area is 175 Å². The van der Waals surface area contributed by atoms with Crippen molar-refractivity contribution in [1.29, 1.82) is 0 Å². The second-order valence-electron chi connectivity index (χ2n) is 6.65. The van der Waals surface area contributed by atoms with Crippen LogP contribution in [0, 0.1) is 17.5 Å². The first-order chi connectivity index (χ1) is 14.9. The van der Waals surface area contributed by atoms with Crippen LogP contribution in [0.2, 0.25) is 0 Å². The van der Waals surface area contributed by atoms with Crippen molar-refractivity contribution in [3.8, 4) is 5.75 Å². The number of hydrogen-bond acceptors (Lipinski definition) is 4. The minimum atomic E-state index is -1.19. The average molecular weight is 424 g/mol. The van der Waals surface area contributed by atoms with Crippen LogP contribution in [0.15, 0.2) is 72.4 Å². The van der Waals surface area contributed by atoms with E-state index in [1.807, 2.05) is 0 Å². The summed E-state index contributed by atoms with van der Waals surface area (Å²) in [5, 5.41) is 2.85. The van der Waals surface area contributed by atoms with Crippen LogP contribution in [-0.4, -0.2) is 18.9 Å². The quantitative estimate of drug-likeness (QED) is 0.613. The molecule has 0 fully saturated rings. The Bertz CT molecular complexity index is 1210. The van der Waals surface area contributed by atoms with Crippen LogP contribution in [0.25, 0.3) is 5.57 Å². The Balaban J connectivity index is 1.81. The van der Waals surface area contributed by atoms with Gasteiger partial charge in [0, 0.05) is 11.8 Å². The van der Waals surface area contributed by atoms with Crippen LogP contribution < -0.4 is 15.0 Å².